The van der Waals surface area contributed by atoms with Crippen LogP contribution < -0.4 is 0 Å². The Kier molecular flexibility index (Phi) is 3.41. The molecule has 1 aromatic rings. The molecule has 94 valence electrons. The lowest BCUT2D eigenvalue weighted by molar-refractivity contribution is -0.161. The highest BCUT2D eigenvalue weighted by atomic mass is 16.6. The van der Waals surface area contributed by atoms with Crippen molar-refractivity contribution < 1.29 is 23.9 Å². The number of carbonyl (C=O) groups is 3. The van der Waals surface area contributed by atoms with Gasteiger partial charge in [-0.05, 0) is 12.0 Å². The van der Waals surface area contributed by atoms with Crippen LogP contribution in [-0.4, -0.2) is 24.0 Å². The molecule has 0 unspecified atom stereocenters. The van der Waals surface area contributed by atoms with Crippen molar-refractivity contribution in [2.24, 2.45) is 5.92 Å². The summed E-state index contributed by atoms with van der Waals surface area (Å²) in [6.45, 7) is 1.19. The third-order valence-corrected chi connectivity index (χ3v) is 2.69. The minimum Gasteiger partial charge on any atom is -0.450 e. The zero-order valence-electron chi connectivity index (χ0n) is 9.79. The number of ether oxygens (including phenoxy) is 2. The monoisotopic (exact) mass is 248 g/mol. The van der Waals surface area contributed by atoms with Crippen LogP contribution in [-0.2, 0) is 30.3 Å². The minimum absolute atomic E-state index is 0.309. The van der Waals surface area contributed by atoms with Gasteiger partial charge in [-0.1, -0.05) is 30.3 Å². The van der Waals surface area contributed by atoms with Crippen LogP contribution in [0.2, 0.25) is 0 Å². The molecule has 0 radical (unpaired) electrons. The Morgan fingerprint density at radius 2 is 1.89 bits per heavy atom. The first-order chi connectivity index (χ1) is 8.58. The number of carbonyl (C=O) groups excluding carboxylic acids is 3. The summed E-state index contributed by atoms with van der Waals surface area (Å²) in [6, 6.07) is 9.18. The summed E-state index contributed by atoms with van der Waals surface area (Å²) in [7, 11) is 0. The molecule has 0 aromatic heterocycles. The fraction of sp³-hybridized carbons (Fsp3) is 0.308. The molecule has 18 heavy (non-hydrogen) atoms. The maximum atomic E-state index is 11.5. The Morgan fingerprint density at radius 1 is 1.22 bits per heavy atom. The van der Waals surface area contributed by atoms with Gasteiger partial charge in [-0.3, -0.25) is 9.59 Å². The molecular formula is C13H12O5. The van der Waals surface area contributed by atoms with Crippen LogP contribution >= 0.6 is 0 Å². The summed E-state index contributed by atoms with van der Waals surface area (Å²) in [5.41, 5.74) is 0.881. The normalized spacial score (nSPS) is 22.7. The van der Waals surface area contributed by atoms with Crippen molar-refractivity contribution in [1.29, 1.82) is 0 Å². The Labute approximate surface area is 104 Å². The van der Waals surface area contributed by atoms with E-state index in [1.54, 1.807) is 0 Å². The second-order valence-electron chi connectivity index (χ2n) is 4.07. The van der Waals surface area contributed by atoms with E-state index in [4.69, 9.17) is 4.74 Å². The van der Waals surface area contributed by atoms with Gasteiger partial charge in [0.25, 0.3) is 0 Å². The first kappa shape index (κ1) is 12.3. The van der Waals surface area contributed by atoms with E-state index in [0.717, 1.165) is 5.56 Å². The Morgan fingerprint density at radius 3 is 2.50 bits per heavy atom. The number of cyclic esters (lactones) is 2. The van der Waals surface area contributed by atoms with Gasteiger partial charge in [-0.25, -0.2) is 4.79 Å². The predicted octanol–water partition coefficient (Wildman–Crippen LogP) is 0.860. The van der Waals surface area contributed by atoms with E-state index in [9.17, 15) is 14.4 Å². The molecule has 2 atom stereocenters. The Bertz CT molecular complexity index is 479. The van der Waals surface area contributed by atoms with Gasteiger partial charge in [0.05, 0.1) is 0 Å². The highest BCUT2D eigenvalue weighted by Gasteiger charge is 2.46. The van der Waals surface area contributed by atoms with Gasteiger partial charge >= 0.3 is 17.9 Å². The second kappa shape index (κ2) is 5.00. The van der Waals surface area contributed by atoms with Gasteiger partial charge in [-0.2, -0.15) is 0 Å². The molecule has 1 saturated heterocycles. The van der Waals surface area contributed by atoms with Crippen molar-refractivity contribution in [1.82, 2.24) is 0 Å². The van der Waals surface area contributed by atoms with E-state index in [1.165, 1.54) is 6.92 Å². The highest BCUT2D eigenvalue weighted by molar-refractivity contribution is 5.99. The molecule has 0 aliphatic carbocycles. The summed E-state index contributed by atoms with van der Waals surface area (Å²) in [5, 5.41) is 0. The average molecular weight is 248 g/mol. The number of rotatable bonds is 3. The highest BCUT2D eigenvalue weighted by Crippen LogP contribution is 2.24. The molecule has 0 N–H and O–H groups in total. The van der Waals surface area contributed by atoms with Gasteiger partial charge in [0.2, 0.25) is 6.10 Å². The predicted molar refractivity (Wildman–Crippen MR) is 60.3 cm³/mol. The van der Waals surface area contributed by atoms with Gasteiger partial charge < -0.3 is 9.47 Å². The maximum absolute atomic E-state index is 11.5. The summed E-state index contributed by atoms with van der Waals surface area (Å²) in [6.07, 6.45) is -0.821. The van der Waals surface area contributed by atoms with Crippen LogP contribution in [0.4, 0.5) is 0 Å². The van der Waals surface area contributed by atoms with Gasteiger partial charge in [-0.15, -0.1) is 0 Å². The standard InChI is InChI=1S/C13H12O5/c1-8(14)17-11-10(12(15)18-13(11)16)7-9-5-3-2-4-6-9/h2-6,10-11H,7H2,1H3/t10-,11+/m0/s1. The van der Waals surface area contributed by atoms with Crippen LogP contribution in [0.15, 0.2) is 30.3 Å². The second-order valence-corrected chi connectivity index (χ2v) is 4.07. The molecule has 0 spiro atoms. The van der Waals surface area contributed by atoms with Gasteiger partial charge in [0, 0.05) is 6.92 Å². The van der Waals surface area contributed by atoms with E-state index in [1.807, 2.05) is 30.3 Å². The first-order valence-electron chi connectivity index (χ1n) is 5.54. The van der Waals surface area contributed by atoms with Crippen molar-refractivity contribution in [3.8, 4) is 0 Å². The lowest BCUT2D eigenvalue weighted by Gasteiger charge is -2.13. The van der Waals surface area contributed by atoms with Crippen LogP contribution in [0, 0.1) is 5.92 Å². The molecule has 2 rings (SSSR count). The van der Waals surface area contributed by atoms with E-state index >= 15 is 0 Å². The van der Waals surface area contributed by atoms with Crippen molar-refractivity contribution in [3.05, 3.63) is 35.9 Å². The SMILES string of the molecule is CC(=O)O[C@H]1C(=O)OC(=O)[C@H]1Cc1ccccc1. The van der Waals surface area contributed by atoms with Gasteiger partial charge in [0.1, 0.15) is 5.92 Å². The lowest BCUT2D eigenvalue weighted by atomic mass is 9.96. The molecule has 0 bridgehead atoms. The fourth-order valence-corrected chi connectivity index (χ4v) is 1.89. The summed E-state index contributed by atoms with van der Waals surface area (Å²) in [4.78, 5) is 33.9. The molecule has 1 aliphatic heterocycles. The lowest BCUT2D eigenvalue weighted by Crippen LogP contribution is -2.30. The number of hydrogen-bond donors (Lipinski definition) is 0. The maximum Gasteiger partial charge on any atom is 0.356 e. The smallest absolute Gasteiger partial charge is 0.356 e. The molecule has 1 aromatic carbocycles. The zero-order valence-corrected chi connectivity index (χ0v) is 9.79. The number of benzene rings is 1. The van der Waals surface area contributed by atoms with Crippen molar-refractivity contribution in [2.75, 3.05) is 0 Å². The van der Waals surface area contributed by atoms with E-state index < -0.39 is 29.9 Å². The summed E-state index contributed by atoms with van der Waals surface area (Å²) >= 11 is 0. The average Bonchev–Trinajstić information content (AvgIpc) is 2.57. The molecule has 0 saturated carbocycles. The van der Waals surface area contributed by atoms with Gasteiger partial charge in [0.15, 0.2) is 0 Å². The van der Waals surface area contributed by atoms with Crippen LogP contribution in [0.3, 0.4) is 0 Å². The summed E-state index contributed by atoms with van der Waals surface area (Å²) in [5.74, 6) is -2.81. The molecule has 5 nitrogen and oxygen atoms in total. The minimum atomic E-state index is -1.13. The van der Waals surface area contributed by atoms with Crippen molar-refractivity contribution in [2.45, 2.75) is 19.4 Å². The van der Waals surface area contributed by atoms with E-state index in [-0.39, 0.29) is 0 Å². The van der Waals surface area contributed by atoms with Crippen LogP contribution in [0.1, 0.15) is 12.5 Å². The van der Waals surface area contributed by atoms with Crippen LogP contribution in [0.5, 0.6) is 0 Å². The number of esters is 3. The van der Waals surface area contributed by atoms with E-state index in [0.29, 0.717) is 6.42 Å². The third-order valence-electron chi connectivity index (χ3n) is 2.69. The van der Waals surface area contributed by atoms with Crippen molar-refractivity contribution in [3.63, 3.8) is 0 Å². The molecule has 0 amide bonds. The molecule has 1 aliphatic rings. The van der Waals surface area contributed by atoms with Crippen molar-refractivity contribution >= 4 is 17.9 Å². The fourth-order valence-electron chi connectivity index (χ4n) is 1.89. The summed E-state index contributed by atoms with van der Waals surface area (Å²) < 4.78 is 9.35. The first-order valence-corrected chi connectivity index (χ1v) is 5.54. The largest absolute Gasteiger partial charge is 0.450 e. The Hall–Kier alpha value is -2.17. The van der Waals surface area contributed by atoms with E-state index in [2.05, 4.69) is 4.74 Å². The quantitative estimate of drug-likeness (QED) is 0.586. The molecule has 1 fully saturated rings. The molecule has 1 heterocycles. The van der Waals surface area contributed by atoms with Crippen LogP contribution in [0.25, 0.3) is 0 Å². The topological polar surface area (TPSA) is 69.7 Å². The molecule has 5 heteroatoms. The Balaban J connectivity index is 2.16. The zero-order chi connectivity index (χ0) is 13.1. The third kappa shape index (κ3) is 2.56. The number of hydrogen-bond acceptors (Lipinski definition) is 5. The molecular weight excluding hydrogens is 236 g/mol.